The molecule has 1 aromatic rings. The minimum absolute atomic E-state index is 0.685. The van der Waals surface area contributed by atoms with Gasteiger partial charge in [-0.3, -0.25) is 0 Å². The second kappa shape index (κ2) is 6.06. The number of rotatable bonds is 7. The Hall–Kier alpha value is -1.02. The van der Waals surface area contributed by atoms with Gasteiger partial charge in [-0.1, -0.05) is 18.2 Å². The Morgan fingerprint density at radius 1 is 1.35 bits per heavy atom. The largest absolute Gasteiger partial charge is 0.494 e. The van der Waals surface area contributed by atoms with Crippen molar-refractivity contribution < 1.29 is 4.74 Å². The molecule has 0 heterocycles. The Labute approximate surface area is 104 Å². The molecule has 0 bridgehead atoms. The van der Waals surface area contributed by atoms with Gasteiger partial charge in [0.05, 0.1) is 6.61 Å². The van der Waals surface area contributed by atoms with Gasteiger partial charge in [0.25, 0.3) is 0 Å². The minimum Gasteiger partial charge on any atom is -0.494 e. The molecule has 1 aromatic carbocycles. The molecule has 1 N–H and O–H groups in total. The molecule has 0 spiro atoms. The molecule has 1 fully saturated rings. The minimum atomic E-state index is 0.685. The van der Waals surface area contributed by atoms with Crippen LogP contribution in [0.15, 0.2) is 24.3 Å². The third-order valence-corrected chi connectivity index (χ3v) is 3.56. The molecular formula is C15H23NO. The van der Waals surface area contributed by atoms with Gasteiger partial charge in [0.2, 0.25) is 0 Å². The molecule has 0 saturated heterocycles. The molecule has 2 rings (SSSR count). The van der Waals surface area contributed by atoms with Gasteiger partial charge >= 0.3 is 0 Å². The van der Waals surface area contributed by atoms with Crippen LogP contribution in [-0.2, 0) is 6.42 Å². The van der Waals surface area contributed by atoms with Gasteiger partial charge in [-0.15, -0.1) is 0 Å². The molecule has 2 heteroatoms. The average Bonchev–Trinajstić information content (AvgIpc) is 3.17. The third-order valence-electron chi connectivity index (χ3n) is 3.56. The molecule has 0 aromatic heterocycles. The predicted octanol–water partition coefficient (Wildman–Crippen LogP) is 3.02. The second-order valence-corrected chi connectivity index (χ2v) is 4.81. The standard InChI is InChI=1S/C15H23NO/c1-3-17-15-7-5-4-6-13(15)10-11-14(16-2)12-8-9-12/h4-7,12,14,16H,3,8-11H2,1-2H3. The fourth-order valence-corrected chi connectivity index (χ4v) is 2.43. The van der Waals surface area contributed by atoms with E-state index >= 15 is 0 Å². The first kappa shape index (κ1) is 12.4. The first-order valence-corrected chi connectivity index (χ1v) is 6.73. The zero-order valence-corrected chi connectivity index (χ0v) is 10.9. The van der Waals surface area contributed by atoms with E-state index in [1.807, 2.05) is 13.0 Å². The lowest BCUT2D eigenvalue weighted by Gasteiger charge is -2.16. The normalized spacial score (nSPS) is 16.8. The Kier molecular flexibility index (Phi) is 4.43. The second-order valence-electron chi connectivity index (χ2n) is 4.81. The molecule has 2 nitrogen and oxygen atoms in total. The first-order chi connectivity index (χ1) is 8.35. The molecule has 1 aliphatic carbocycles. The molecular weight excluding hydrogens is 210 g/mol. The highest BCUT2D eigenvalue weighted by Crippen LogP contribution is 2.34. The van der Waals surface area contributed by atoms with Crippen molar-refractivity contribution in [3.63, 3.8) is 0 Å². The summed E-state index contributed by atoms with van der Waals surface area (Å²) < 4.78 is 5.66. The average molecular weight is 233 g/mol. The third kappa shape index (κ3) is 3.47. The van der Waals surface area contributed by atoms with E-state index in [0.29, 0.717) is 6.04 Å². The fourth-order valence-electron chi connectivity index (χ4n) is 2.43. The maximum Gasteiger partial charge on any atom is 0.122 e. The maximum absolute atomic E-state index is 5.66. The fraction of sp³-hybridized carbons (Fsp3) is 0.600. The first-order valence-electron chi connectivity index (χ1n) is 6.73. The van der Waals surface area contributed by atoms with Crippen molar-refractivity contribution >= 4 is 0 Å². The molecule has 1 saturated carbocycles. The molecule has 94 valence electrons. The van der Waals surface area contributed by atoms with Gasteiger partial charge in [-0.05, 0) is 57.2 Å². The highest BCUT2D eigenvalue weighted by Gasteiger charge is 2.29. The smallest absolute Gasteiger partial charge is 0.122 e. The summed E-state index contributed by atoms with van der Waals surface area (Å²) in [6.07, 6.45) is 5.13. The summed E-state index contributed by atoms with van der Waals surface area (Å²) in [5.74, 6) is 1.97. The number of hydrogen-bond donors (Lipinski definition) is 1. The summed E-state index contributed by atoms with van der Waals surface area (Å²) in [5.41, 5.74) is 1.34. The van der Waals surface area contributed by atoms with E-state index in [9.17, 15) is 0 Å². The Morgan fingerprint density at radius 2 is 2.12 bits per heavy atom. The van der Waals surface area contributed by atoms with Crippen molar-refractivity contribution in [3.8, 4) is 5.75 Å². The van der Waals surface area contributed by atoms with Crippen LogP contribution < -0.4 is 10.1 Å². The van der Waals surface area contributed by atoms with E-state index in [1.165, 1.54) is 24.8 Å². The van der Waals surface area contributed by atoms with Crippen molar-refractivity contribution in [2.45, 2.75) is 38.6 Å². The molecule has 1 atom stereocenters. The summed E-state index contributed by atoms with van der Waals surface area (Å²) >= 11 is 0. The van der Waals surface area contributed by atoms with E-state index in [2.05, 4.69) is 30.6 Å². The maximum atomic E-state index is 5.66. The molecule has 1 aliphatic rings. The molecule has 0 radical (unpaired) electrons. The molecule has 0 amide bonds. The number of hydrogen-bond acceptors (Lipinski definition) is 2. The summed E-state index contributed by atoms with van der Waals surface area (Å²) in [6, 6.07) is 9.09. The van der Waals surface area contributed by atoms with Gasteiger partial charge in [0, 0.05) is 6.04 Å². The monoisotopic (exact) mass is 233 g/mol. The highest BCUT2D eigenvalue weighted by molar-refractivity contribution is 5.33. The quantitative estimate of drug-likeness (QED) is 0.781. The van der Waals surface area contributed by atoms with Gasteiger partial charge in [-0.2, -0.15) is 0 Å². The topological polar surface area (TPSA) is 21.3 Å². The van der Waals surface area contributed by atoms with E-state index in [-0.39, 0.29) is 0 Å². The summed E-state index contributed by atoms with van der Waals surface area (Å²) in [7, 11) is 2.08. The molecule has 0 aliphatic heterocycles. The van der Waals surface area contributed by atoms with E-state index in [4.69, 9.17) is 4.74 Å². The van der Waals surface area contributed by atoms with Crippen molar-refractivity contribution in [3.05, 3.63) is 29.8 Å². The predicted molar refractivity (Wildman–Crippen MR) is 71.5 cm³/mol. The van der Waals surface area contributed by atoms with Crippen LogP contribution in [0, 0.1) is 5.92 Å². The van der Waals surface area contributed by atoms with Gasteiger partial charge in [0.15, 0.2) is 0 Å². The lowest BCUT2D eigenvalue weighted by molar-refractivity contribution is 0.335. The van der Waals surface area contributed by atoms with Crippen LogP contribution in [0.5, 0.6) is 5.75 Å². The van der Waals surface area contributed by atoms with E-state index < -0.39 is 0 Å². The van der Waals surface area contributed by atoms with Crippen molar-refractivity contribution in [1.82, 2.24) is 5.32 Å². The Morgan fingerprint density at radius 3 is 2.76 bits per heavy atom. The summed E-state index contributed by atoms with van der Waals surface area (Å²) in [4.78, 5) is 0. The number of benzene rings is 1. The van der Waals surface area contributed by atoms with E-state index in [1.54, 1.807) is 0 Å². The SMILES string of the molecule is CCOc1ccccc1CCC(NC)C1CC1. The van der Waals surface area contributed by atoms with Crippen LogP contribution in [0.1, 0.15) is 31.7 Å². The van der Waals surface area contributed by atoms with Crippen LogP contribution in [0.25, 0.3) is 0 Å². The van der Waals surface area contributed by atoms with Gasteiger partial charge in [0.1, 0.15) is 5.75 Å². The zero-order valence-electron chi connectivity index (χ0n) is 10.9. The number of aryl methyl sites for hydroxylation is 1. The summed E-state index contributed by atoms with van der Waals surface area (Å²) in [5, 5.41) is 3.44. The molecule has 17 heavy (non-hydrogen) atoms. The van der Waals surface area contributed by atoms with Gasteiger partial charge < -0.3 is 10.1 Å². The van der Waals surface area contributed by atoms with Crippen LogP contribution in [0.4, 0.5) is 0 Å². The lowest BCUT2D eigenvalue weighted by Crippen LogP contribution is -2.27. The number of para-hydroxylation sites is 1. The Bertz CT molecular complexity index is 347. The van der Waals surface area contributed by atoms with Crippen molar-refractivity contribution in [2.75, 3.05) is 13.7 Å². The van der Waals surface area contributed by atoms with Crippen LogP contribution in [0.2, 0.25) is 0 Å². The zero-order chi connectivity index (χ0) is 12.1. The summed E-state index contributed by atoms with van der Waals surface area (Å²) in [6.45, 7) is 2.78. The number of ether oxygens (including phenoxy) is 1. The van der Waals surface area contributed by atoms with Gasteiger partial charge in [-0.25, -0.2) is 0 Å². The van der Waals surface area contributed by atoms with Crippen molar-refractivity contribution in [2.24, 2.45) is 5.92 Å². The Balaban J connectivity index is 1.92. The molecule has 1 unspecified atom stereocenters. The van der Waals surface area contributed by atoms with Crippen LogP contribution >= 0.6 is 0 Å². The number of nitrogens with one attached hydrogen (secondary N) is 1. The highest BCUT2D eigenvalue weighted by atomic mass is 16.5. The van der Waals surface area contributed by atoms with Crippen molar-refractivity contribution in [1.29, 1.82) is 0 Å². The lowest BCUT2D eigenvalue weighted by atomic mass is 10.0. The van der Waals surface area contributed by atoms with E-state index in [0.717, 1.165) is 24.7 Å². The van der Waals surface area contributed by atoms with Crippen LogP contribution in [-0.4, -0.2) is 19.7 Å². The van der Waals surface area contributed by atoms with Crippen LogP contribution in [0.3, 0.4) is 0 Å².